The van der Waals surface area contributed by atoms with E-state index >= 15 is 0 Å². The van der Waals surface area contributed by atoms with Crippen molar-refractivity contribution in [2.75, 3.05) is 5.01 Å². The summed E-state index contributed by atoms with van der Waals surface area (Å²) in [5.74, 6) is -1.16. The van der Waals surface area contributed by atoms with Gasteiger partial charge in [0.15, 0.2) is 5.11 Å². The molecule has 7 nitrogen and oxygen atoms in total. The molecule has 0 spiro atoms. The first-order valence-corrected chi connectivity index (χ1v) is 8.64. The second kappa shape index (κ2) is 7.75. The van der Waals surface area contributed by atoms with E-state index in [1.165, 1.54) is 12.1 Å². The van der Waals surface area contributed by atoms with Crippen LogP contribution in [-0.4, -0.2) is 27.8 Å². The molecule has 0 fully saturated rings. The maximum Gasteiger partial charge on any atom is 0.283 e. The van der Waals surface area contributed by atoms with Crippen LogP contribution in [0.25, 0.3) is 0 Å². The highest BCUT2D eigenvalue weighted by atomic mass is 79.9. The fourth-order valence-corrected chi connectivity index (χ4v) is 2.78. The third kappa shape index (κ3) is 3.97. The summed E-state index contributed by atoms with van der Waals surface area (Å²) in [5, 5.41) is 4.69. The first kappa shape index (κ1) is 18.2. The van der Waals surface area contributed by atoms with Gasteiger partial charge in [-0.05, 0) is 42.5 Å². The Labute approximate surface area is 162 Å². The monoisotopic (exact) mass is 437 g/mol. The molecule has 2 heterocycles. The van der Waals surface area contributed by atoms with Crippen molar-refractivity contribution in [2.24, 2.45) is 10.9 Å². The second-order valence-corrected chi connectivity index (χ2v) is 6.66. The Morgan fingerprint density at radius 2 is 2.27 bits per heavy atom. The van der Waals surface area contributed by atoms with Crippen LogP contribution in [0.1, 0.15) is 12.0 Å². The molecule has 1 atom stereocenters. The van der Waals surface area contributed by atoms with E-state index < -0.39 is 17.8 Å². The van der Waals surface area contributed by atoms with Crippen molar-refractivity contribution < 1.29 is 14.0 Å². The summed E-state index contributed by atoms with van der Waals surface area (Å²) < 4.78 is 14.7. The second-order valence-electron chi connectivity index (χ2n) is 5.32. The molecule has 3 N–H and O–H groups in total. The standard InChI is InChI=1S/C16H13BrFN5O2S/c17-10-3-4-13(11(18)6-10)23(16(19)26)21-15(24)14-7-12(22-25-14)9-2-1-5-20-8-9/h1-6,8,14H,7H2,(H2,19,26)(H,21,24). The summed E-state index contributed by atoms with van der Waals surface area (Å²) >= 11 is 8.08. The maximum atomic E-state index is 14.2. The minimum atomic E-state index is -0.888. The molecule has 0 saturated heterocycles. The molecule has 26 heavy (non-hydrogen) atoms. The molecular formula is C16H13BrFN5O2S. The molecule has 1 unspecified atom stereocenters. The number of hydrogen-bond acceptors (Lipinski definition) is 5. The third-order valence-electron chi connectivity index (χ3n) is 3.55. The number of rotatable bonds is 3. The highest BCUT2D eigenvalue weighted by molar-refractivity contribution is 9.10. The molecule has 1 aromatic heterocycles. The number of nitrogens with zero attached hydrogens (tertiary/aromatic N) is 3. The topological polar surface area (TPSA) is 92.8 Å². The Bertz CT molecular complexity index is 880. The van der Waals surface area contributed by atoms with Crippen LogP contribution < -0.4 is 16.2 Å². The highest BCUT2D eigenvalue weighted by Crippen LogP contribution is 2.23. The van der Waals surface area contributed by atoms with E-state index in [0.717, 1.165) is 10.6 Å². The molecule has 0 aliphatic carbocycles. The number of carbonyl (C=O) groups excluding carboxylic acids is 1. The minimum absolute atomic E-state index is 0.0143. The number of anilines is 1. The normalized spacial score (nSPS) is 15.8. The van der Waals surface area contributed by atoms with Crippen LogP contribution in [0.3, 0.4) is 0 Å². The van der Waals surface area contributed by atoms with E-state index in [1.54, 1.807) is 24.5 Å². The number of carbonyl (C=O) groups is 1. The lowest BCUT2D eigenvalue weighted by Gasteiger charge is -2.24. The summed E-state index contributed by atoms with van der Waals surface area (Å²) in [4.78, 5) is 21.7. The van der Waals surface area contributed by atoms with Crippen LogP contribution in [0.4, 0.5) is 10.1 Å². The lowest BCUT2D eigenvalue weighted by molar-refractivity contribution is -0.131. The Kier molecular flexibility index (Phi) is 5.43. The quantitative estimate of drug-likeness (QED) is 0.564. The van der Waals surface area contributed by atoms with E-state index in [-0.39, 0.29) is 17.2 Å². The number of nitrogens with two attached hydrogens (primary N) is 1. The molecule has 10 heteroatoms. The van der Waals surface area contributed by atoms with Gasteiger partial charge >= 0.3 is 0 Å². The Morgan fingerprint density at radius 1 is 1.46 bits per heavy atom. The predicted molar refractivity (Wildman–Crippen MR) is 102 cm³/mol. The van der Waals surface area contributed by atoms with Gasteiger partial charge in [0, 0.05) is 28.9 Å². The number of hydrazine groups is 1. The van der Waals surface area contributed by atoms with Gasteiger partial charge in [-0.25, -0.2) is 9.40 Å². The number of halogens is 2. The van der Waals surface area contributed by atoms with E-state index in [4.69, 9.17) is 22.8 Å². The van der Waals surface area contributed by atoms with Crippen molar-refractivity contribution in [3.8, 4) is 0 Å². The average Bonchev–Trinajstić information content (AvgIpc) is 3.11. The van der Waals surface area contributed by atoms with Crippen LogP contribution in [0, 0.1) is 5.82 Å². The van der Waals surface area contributed by atoms with E-state index in [9.17, 15) is 9.18 Å². The van der Waals surface area contributed by atoms with Crippen LogP contribution in [0.5, 0.6) is 0 Å². The fraction of sp³-hybridized carbons (Fsp3) is 0.125. The maximum absolute atomic E-state index is 14.2. The predicted octanol–water partition coefficient (Wildman–Crippen LogP) is 2.26. The van der Waals surface area contributed by atoms with Crippen LogP contribution in [0.15, 0.2) is 52.4 Å². The van der Waals surface area contributed by atoms with Crippen molar-refractivity contribution in [3.05, 3.63) is 58.6 Å². The highest BCUT2D eigenvalue weighted by Gasteiger charge is 2.31. The first-order valence-electron chi connectivity index (χ1n) is 7.44. The molecule has 0 saturated carbocycles. The third-order valence-corrected chi connectivity index (χ3v) is 4.22. The van der Waals surface area contributed by atoms with Gasteiger partial charge in [0.2, 0.25) is 6.10 Å². The number of thiocarbonyl (C=S) groups is 1. The number of oxime groups is 1. The van der Waals surface area contributed by atoms with Gasteiger partial charge < -0.3 is 10.6 Å². The lowest BCUT2D eigenvalue weighted by atomic mass is 10.1. The SMILES string of the molecule is NC(=S)N(NC(=O)C1CC(c2cccnc2)=NO1)c1ccc(Br)cc1F. The largest absolute Gasteiger partial charge is 0.382 e. The van der Waals surface area contributed by atoms with Crippen molar-refractivity contribution in [1.82, 2.24) is 10.4 Å². The lowest BCUT2D eigenvalue weighted by Crippen LogP contribution is -2.52. The number of aromatic nitrogens is 1. The molecule has 1 aliphatic rings. The molecule has 134 valence electrons. The van der Waals surface area contributed by atoms with Crippen molar-refractivity contribution >= 4 is 50.6 Å². The molecule has 1 aromatic carbocycles. The number of benzene rings is 1. The summed E-state index contributed by atoms with van der Waals surface area (Å²) in [6.45, 7) is 0. The average molecular weight is 438 g/mol. The molecule has 0 radical (unpaired) electrons. The summed E-state index contributed by atoms with van der Waals surface area (Å²) in [7, 11) is 0. The smallest absolute Gasteiger partial charge is 0.283 e. The number of pyridine rings is 1. The summed E-state index contributed by atoms with van der Waals surface area (Å²) in [5.41, 5.74) is 9.46. The van der Waals surface area contributed by atoms with Crippen LogP contribution in [0.2, 0.25) is 0 Å². The van der Waals surface area contributed by atoms with Crippen molar-refractivity contribution in [3.63, 3.8) is 0 Å². The molecule has 0 bridgehead atoms. The summed E-state index contributed by atoms with van der Waals surface area (Å²) in [6, 6.07) is 7.85. The Hall–Kier alpha value is -2.59. The van der Waals surface area contributed by atoms with Crippen molar-refractivity contribution in [2.45, 2.75) is 12.5 Å². The number of nitrogens with one attached hydrogen (secondary N) is 1. The summed E-state index contributed by atoms with van der Waals surface area (Å²) in [6.07, 6.45) is 2.62. The van der Waals surface area contributed by atoms with Gasteiger partial charge in [0.05, 0.1) is 5.71 Å². The minimum Gasteiger partial charge on any atom is -0.382 e. The van der Waals surface area contributed by atoms with Crippen LogP contribution >= 0.6 is 28.1 Å². The zero-order valence-electron chi connectivity index (χ0n) is 13.2. The molecule has 3 rings (SSSR count). The molecular weight excluding hydrogens is 425 g/mol. The van der Waals surface area contributed by atoms with Crippen molar-refractivity contribution in [1.29, 1.82) is 0 Å². The van der Waals surface area contributed by atoms with Gasteiger partial charge in [-0.2, -0.15) is 0 Å². The number of hydrogen-bond donors (Lipinski definition) is 2. The van der Waals surface area contributed by atoms with Crippen LogP contribution in [-0.2, 0) is 9.63 Å². The van der Waals surface area contributed by atoms with Gasteiger partial charge in [-0.15, -0.1) is 0 Å². The molecule has 2 aromatic rings. The Balaban J connectivity index is 1.71. The zero-order valence-corrected chi connectivity index (χ0v) is 15.6. The van der Waals surface area contributed by atoms with E-state index in [0.29, 0.717) is 10.2 Å². The van der Waals surface area contributed by atoms with Gasteiger partial charge in [-0.3, -0.25) is 15.2 Å². The van der Waals surface area contributed by atoms with E-state index in [1.807, 2.05) is 6.07 Å². The molecule has 1 aliphatic heterocycles. The Morgan fingerprint density at radius 3 is 2.92 bits per heavy atom. The first-order chi connectivity index (χ1) is 12.5. The van der Waals surface area contributed by atoms with Gasteiger partial charge in [-0.1, -0.05) is 21.1 Å². The van der Waals surface area contributed by atoms with Gasteiger partial charge in [0.25, 0.3) is 5.91 Å². The number of amides is 1. The fourth-order valence-electron chi connectivity index (χ4n) is 2.30. The van der Waals surface area contributed by atoms with Gasteiger partial charge in [0.1, 0.15) is 11.5 Å². The van der Waals surface area contributed by atoms with E-state index in [2.05, 4.69) is 31.5 Å². The zero-order chi connectivity index (χ0) is 18.7. The molecule has 1 amide bonds.